The summed E-state index contributed by atoms with van der Waals surface area (Å²) in [5, 5.41) is 2.99. The summed E-state index contributed by atoms with van der Waals surface area (Å²) in [5.41, 5.74) is 8.98. The van der Waals surface area contributed by atoms with Gasteiger partial charge in [-0.05, 0) is 48.3 Å². The van der Waals surface area contributed by atoms with Gasteiger partial charge >= 0.3 is 0 Å². The van der Waals surface area contributed by atoms with Crippen LogP contribution < -0.4 is 16.5 Å². The molecule has 1 saturated heterocycles. The number of rotatable bonds is 11. The molecule has 1 heterocycles. The first-order valence-electron chi connectivity index (χ1n) is 13.5. The maximum Gasteiger partial charge on any atom is 0.243 e. The number of Topliss-reactive ketones (excluding diaryl/α,β-unsaturated/α-hetero) is 1. The Morgan fingerprint density at radius 3 is 2.26 bits per heavy atom. The fraction of sp³-hybridized carbons (Fsp3) is 0.889. The average Bonchev–Trinajstić information content (AvgIpc) is 2.99. The van der Waals surface area contributed by atoms with Crippen molar-refractivity contribution >= 4 is 17.6 Å². The van der Waals surface area contributed by atoms with E-state index in [9.17, 15) is 14.4 Å². The monoisotopic (exact) mass is 492 g/mol. The molecule has 3 unspecified atom stereocenters. The highest BCUT2D eigenvalue weighted by Crippen LogP contribution is 2.88. The van der Waals surface area contributed by atoms with Crippen LogP contribution in [-0.4, -0.2) is 60.3 Å². The van der Waals surface area contributed by atoms with Crippen LogP contribution in [0, 0.1) is 21.7 Å². The number of fused-ring (bicyclic) bond motifs is 1. The Morgan fingerprint density at radius 2 is 1.77 bits per heavy atom. The normalized spacial score (nSPS) is 28.0. The van der Waals surface area contributed by atoms with Crippen LogP contribution in [0.15, 0.2) is 0 Å². The van der Waals surface area contributed by atoms with Crippen LogP contribution in [-0.2, 0) is 19.2 Å². The molecule has 2 amide bonds. The standard InChI is InChI=1S/C27H48N4O4/c1-8-11-18(20(32)16-35-29-14-9-2)30-22(33)19-15-27(25(6,7)26(27)12-10-13-26)17-31(19)23(34)21(28)24(3,4)5/h18-19,21,29H,8-17,28H2,1-7H3,(H,30,33)/t18?,19-,21?,27?/m0/s1. The first-order chi connectivity index (χ1) is 16.3. The van der Waals surface area contributed by atoms with E-state index in [1.807, 2.05) is 34.6 Å². The number of nitrogens with two attached hydrogens (primary N) is 1. The predicted octanol–water partition coefficient (Wildman–Crippen LogP) is 2.94. The molecule has 4 N–H and O–H groups in total. The van der Waals surface area contributed by atoms with Gasteiger partial charge in [0.25, 0.3) is 0 Å². The van der Waals surface area contributed by atoms with Crippen molar-refractivity contribution in [3.05, 3.63) is 0 Å². The Hall–Kier alpha value is -1.51. The van der Waals surface area contributed by atoms with Gasteiger partial charge in [-0.25, -0.2) is 5.48 Å². The summed E-state index contributed by atoms with van der Waals surface area (Å²) in [6, 6.07) is -1.94. The lowest BCUT2D eigenvalue weighted by Crippen LogP contribution is -2.56. The van der Waals surface area contributed by atoms with Crippen LogP contribution >= 0.6 is 0 Å². The minimum atomic E-state index is -0.696. The van der Waals surface area contributed by atoms with Gasteiger partial charge in [-0.2, -0.15) is 0 Å². The Labute approximate surface area is 211 Å². The molecular weight excluding hydrogens is 444 g/mol. The highest BCUT2D eigenvalue weighted by molar-refractivity contribution is 5.94. The van der Waals surface area contributed by atoms with Gasteiger partial charge in [0, 0.05) is 18.5 Å². The molecular formula is C27H48N4O4. The first kappa shape index (κ1) is 28.1. The largest absolute Gasteiger partial charge is 0.344 e. The summed E-state index contributed by atoms with van der Waals surface area (Å²) in [5.74, 6) is -0.581. The lowest BCUT2D eigenvalue weighted by Gasteiger charge is -2.33. The Bertz CT molecular complexity index is 816. The van der Waals surface area contributed by atoms with Crippen LogP contribution in [0.5, 0.6) is 0 Å². The van der Waals surface area contributed by atoms with Gasteiger partial charge < -0.3 is 16.0 Å². The molecule has 4 atom stereocenters. The quantitative estimate of drug-likeness (QED) is 0.302. The van der Waals surface area contributed by atoms with E-state index in [0.717, 1.165) is 25.7 Å². The molecule has 200 valence electrons. The number of carbonyl (C=O) groups is 3. The fourth-order valence-electron chi connectivity index (χ4n) is 6.88. The minimum absolute atomic E-state index is 0.0645. The van der Waals surface area contributed by atoms with Crippen LogP contribution in [0.2, 0.25) is 0 Å². The third kappa shape index (κ3) is 4.66. The summed E-state index contributed by atoms with van der Waals surface area (Å²) in [7, 11) is 0. The molecule has 2 saturated carbocycles. The van der Waals surface area contributed by atoms with E-state index in [2.05, 4.69) is 24.6 Å². The van der Waals surface area contributed by atoms with Gasteiger partial charge in [0.1, 0.15) is 12.6 Å². The van der Waals surface area contributed by atoms with Crippen LogP contribution in [0.25, 0.3) is 0 Å². The maximum atomic E-state index is 13.7. The van der Waals surface area contributed by atoms with E-state index in [1.165, 1.54) is 6.42 Å². The van der Waals surface area contributed by atoms with Crippen molar-refractivity contribution in [1.82, 2.24) is 15.7 Å². The molecule has 0 radical (unpaired) electrons. The van der Waals surface area contributed by atoms with Crippen LogP contribution in [0.1, 0.15) is 93.4 Å². The molecule has 1 aliphatic heterocycles. The smallest absolute Gasteiger partial charge is 0.243 e. The topological polar surface area (TPSA) is 114 Å². The molecule has 35 heavy (non-hydrogen) atoms. The van der Waals surface area contributed by atoms with Crippen LogP contribution in [0.3, 0.4) is 0 Å². The molecule has 2 aliphatic carbocycles. The minimum Gasteiger partial charge on any atom is -0.344 e. The van der Waals surface area contributed by atoms with E-state index < -0.39 is 23.5 Å². The number of ketones is 1. The van der Waals surface area contributed by atoms with Crippen molar-refractivity contribution < 1.29 is 19.2 Å². The second-order valence-corrected chi connectivity index (χ2v) is 12.7. The Morgan fingerprint density at radius 1 is 1.11 bits per heavy atom. The lowest BCUT2D eigenvalue weighted by molar-refractivity contribution is -0.142. The summed E-state index contributed by atoms with van der Waals surface area (Å²) in [6.07, 6.45) is 6.32. The predicted molar refractivity (Wildman–Crippen MR) is 136 cm³/mol. The lowest BCUT2D eigenvalue weighted by atomic mass is 9.73. The molecule has 0 aromatic heterocycles. The van der Waals surface area contributed by atoms with Crippen molar-refractivity contribution in [2.75, 3.05) is 19.7 Å². The Kier molecular flexibility index (Phi) is 8.10. The highest BCUT2D eigenvalue weighted by atomic mass is 16.6. The second-order valence-electron chi connectivity index (χ2n) is 12.7. The van der Waals surface area contributed by atoms with Crippen molar-refractivity contribution in [3.63, 3.8) is 0 Å². The van der Waals surface area contributed by atoms with Crippen molar-refractivity contribution in [2.45, 2.75) is 112 Å². The Balaban J connectivity index is 1.80. The fourth-order valence-corrected chi connectivity index (χ4v) is 6.88. The van der Waals surface area contributed by atoms with Crippen molar-refractivity contribution in [3.8, 4) is 0 Å². The highest BCUT2D eigenvalue weighted by Gasteiger charge is 2.85. The first-order valence-corrected chi connectivity index (χ1v) is 13.5. The zero-order chi connectivity index (χ0) is 26.2. The van der Waals surface area contributed by atoms with E-state index in [4.69, 9.17) is 10.6 Å². The molecule has 0 aromatic rings. The number of likely N-dealkylation sites (tertiary alicyclic amines) is 1. The third-order valence-electron chi connectivity index (χ3n) is 9.55. The zero-order valence-corrected chi connectivity index (χ0v) is 23.0. The van der Waals surface area contributed by atoms with Gasteiger partial charge in [0.15, 0.2) is 5.78 Å². The van der Waals surface area contributed by atoms with E-state index >= 15 is 0 Å². The second kappa shape index (κ2) is 10.1. The van der Waals surface area contributed by atoms with E-state index in [0.29, 0.717) is 25.9 Å². The number of hydrogen-bond donors (Lipinski definition) is 3. The molecule has 0 aromatic carbocycles. The number of hydrogen-bond acceptors (Lipinski definition) is 6. The van der Waals surface area contributed by atoms with Gasteiger partial charge in [0.05, 0.1) is 12.1 Å². The number of nitrogens with zero attached hydrogens (tertiary/aromatic N) is 1. The maximum absolute atomic E-state index is 13.7. The number of carbonyl (C=O) groups excluding carboxylic acids is 3. The average molecular weight is 493 g/mol. The summed E-state index contributed by atoms with van der Waals surface area (Å²) in [6.45, 7) is 15.6. The van der Waals surface area contributed by atoms with Gasteiger partial charge in [-0.1, -0.05) is 61.3 Å². The SMILES string of the molecule is CCCNOCC(=O)C(CCC)NC(=O)[C@@H]1CC2(CN1C(=O)C(N)C(C)(C)C)C(C)(C)C21CCC1. The van der Waals surface area contributed by atoms with E-state index in [-0.39, 0.29) is 40.4 Å². The molecule has 8 nitrogen and oxygen atoms in total. The van der Waals surface area contributed by atoms with Crippen molar-refractivity contribution in [1.29, 1.82) is 0 Å². The van der Waals surface area contributed by atoms with Gasteiger partial charge in [0.2, 0.25) is 11.8 Å². The number of amides is 2. The van der Waals surface area contributed by atoms with E-state index in [1.54, 1.807) is 4.90 Å². The zero-order valence-electron chi connectivity index (χ0n) is 23.0. The van der Waals surface area contributed by atoms with Gasteiger partial charge in [-0.15, -0.1) is 0 Å². The van der Waals surface area contributed by atoms with Crippen LogP contribution in [0.4, 0.5) is 0 Å². The number of hydroxylamine groups is 1. The molecule has 3 rings (SSSR count). The molecule has 2 spiro atoms. The molecule has 0 bridgehead atoms. The number of nitrogens with one attached hydrogen (secondary N) is 2. The summed E-state index contributed by atoms with van der Waals surface area (Å²) in [4.78, 5) is 47.2. The van der Waals surface area contributed by atoms with Gasteiger partial charge in [-0.3, -0.25) is 19.2 Å². The molecule has 8 heteroatoms. The molecule has 3 fully saturated rings. The third-order valence-corrected chi connectivity index (χ3v) is 9.55. The summed E-state index contributed by atoms with van der Waals surface area (Å²) < 4.78 is 0. The molecule has 3 aliphatic rings. The van der Waals surface area contributed by atoms with Crippen molar-refractivity contribution in [2.24, 2.45) is 27.4 Å². The summed E-state index contributed by atoms with van der Waals surface area (Å²) >= 11 is 0.